The van der Waals surface area contributed by atoms with Crippen molar-refractivity contribution in [1.82, 2.24) is 4.98 Å². The van der Waals surface area contributed by atoms with Crippen molar-refractivity contribution in [3.63, 3.8) is 0 Å². The van der Waals surface area contributed by atoms with Gasteiger partial charge in [0.1, 0.15) is 11.8 Å². The van der Waals surface area contributed by atoms with Crippen LogP contribution in [0.1, 0.15) is 16.5 Å². The summed E-state index contributed by atoms with van der Waals surface area (Å²) in [7, 11) is 0. The van der Waals surface area contributed by atoms with E-state index in [2.05, 4.69) is 4.98 Å². The first kappa shape index (κ1) is 22.1. The third kappa shape index (κ3) is 3.46. The second-order valence-electron chi connectivity index (χ2n) is 8.15. The summed E-state index contributed by atoms with van der Waals surface area (Å²) in [6.45, 7) is 0. The molecule has 1 saturated heterocycles. The number of hydrogen-bond donors (Lipinski definition) is 1. The molecule has 5 aromatic rings. The molecule has 2 aromatic heterocycles. The summed E-state index contributed by atoms with van der Waals surface area (Å²) >= 11 is 2.43. The number of nitro benzene ring substituents is 1. The Bertz CT molecular complexity index is 1740. The fraction of sp³-hybridized carbons (Fsp3) is 0.0385. The van der Waals surface area contributed by atoms with E-state index < -0.39 is 22.7 Å². The molecule has 1 fully saturated rings. The largest absolute Gasteiger partial charge is 0.507 e. The zero-order valence-corrected chi connectivity index (χ0v) is 20.0. The number of aliphatic hydroxyl groups excluding tert-OH is 1. The lowest BCUT2D eigenvalue weighted by Crippen LogP contribution is -2.28. The molecule has 8 nitrogen and oxygen atoms in total. The molecule has 0 aliphatic carbocycles. The number of nitro groups is 1. The second-order valence-corrected chi connectivity index (χ2v) is 10.1. The maximum absolute atomic E-state index is 13.3. The molecule has 0 spiro atoms. The minimum Gasteiger partial charge on any atom is -0.507 e. The van der Waals surface area contributed by atoms with E-state index in [0.29, 0.717) is 20.7 Å². The van der Waals surface area contributed by atoms with Gasteiger partial charge >= 0.3 is 5.91 Å². The fourth-order valence-electron chi connectivity index (χ4n) is 4.36. The molecular weight excluding hydrogens is 498 g/mol. The first-order valence-corrected chi connectivity index (χ1v) is 12.5. The van der Waals surface area contributed by atoms with Crippen molar-refractivity contribution in [2.75, 3.05) is 4.90 Å². The summed E-state index contributed by atoms with van der Waals surface area (Å²) in [4.78, 5) is 43.8. The van der Waals surface area contributed by atoms with Gasteiger partial charge < -0.3 is 5.11 Å². The van der Waals surface area contributed by atoms with E-state index in [4.69, 9.17) is 0 Å². The number of aliphatic hydroxyl groups is 1. The van der Waals surface area contributed by atoms with Crippen LogP contribution in [0.2, 0.25) is 0 Å². The van der Waals surface area contributed by atoms with Crippen LogP contribution in [0.3, 0.4) is 0 Å². The Morgan fingerprint density at radius 3 is 2.56 bits per heavy atom. The van der Waals surface area contributed by atoms with Gasteiger partial charge in [-0.15, -0.1) is 11.3 Å². The van der Waals surface area contributed by atoms with Crippen molar-refractivity contribution in [2.45, 2.75) is 6.04 Å². The van der Waals surface area contributed by atoms with Gasteiger partial charge in [0, 0.05) is 22.6 Å². The van der Waals surface area contributed by atoms with Crippen molar-refractivity contribution in [3.8, 4) is 0 Å². The summed E-state index contributed by atoms with van der Waals surface area (Å²) in [6, 6.07) is 19.9. The van der Waals surface area contributed by atoms with Crippen molar-refractivity contribution in [2.24, 2.45) is 0 Å². The van der Waals surface area contributed by atoms with Crippen LogP contribution in [0.15, 0.2) is 83.7 Å². The van der Waals surface area contributed by atoms with E-state index in [9.17, 15) is 24.8 Å². The Labute approximate surface area is 211 Å². The predicted octanol–water partition coefficient (Wildman–Crippen LogP) is 6.05. The quantitative estimate of drug-likeness (QED) is 0.103. The number of amides is 1. The van der Waals surface area contributed by atoms with E-state index in [1.54, 1.807) is 24.3 Å². The minimum absolute atomic E-state index is 0.0250. The molecule has 3 aromatic carbocycles. The number of anilines is 1. The van der Waals surface area contributed by atoms with Crippen molar-refractivity contribution in [1.29, 1.82) is 0 Å². The highest BCUT2D eigenvalue weighted by molar-refractivity contribution is 7.22. The highest BCUT2D eigenvalue weighted by atomic mass is 32.1. The van der Waals surface area contributed by atoms with Gasteiger partial charge in [0.15, 0.2) is 5.13 Å². The van der Waals surface area contributed by atoms with Crippen molar-refractivity contribution in [3.05, 3.63) is 104 Å². The Morgan fingerprint density at radius 1 is 1.00 bits per heavy atom. The molecule has 3 heterocycles. The van der Waals surface area contributed by atoms with Gasteiger partial charge in [-0.3, -0.25) is 24.6 Å². The molecule has 176 valence electrons. The lowest BCUT2D eigenvalue weighted by Gasteiger charge is -2.21. The van der Waals surface area contributed by atoms with E-state index in [1.165, 1.54) is 34.4 Å². The van der Waals surface area contributed by atoms with Crippen LogP contribution < -0.4 is 4.90 Å². The summed E-state index contributed by atoms with van der Waals surface area (Å²) in [5, 5.41) is 26.4. The number of fused-ring (bicyclic) bond motifs is 2. The van der Waals surface area contributed by atoms with Gasteiger partial charge in [0.2, 0.25) is 0 Å². The van der Waals surface area contributed by atoms with E-state index in [0.717, 1.165) is 22.1 Å². The smallest absolute Gasteiger partial charge is 0.301 e. The molecule has 10 heteroatoms. The highest BCUT2D eigenvalue weighted by Crippen LogP contribution is 2.45. The first-order chi connectivity index (χ1) is 17.4. The lowest BCUT2D eigenvalue weighted by atomic mass is 9.98. The van der Waals surface area contributed by atoms with Gasteiger partial charge in [-0.1, -0.05) is 53.8 Å². The van der Waals surface area contributed by atoms with Crippen LogP contribution in [-0.4, -0.2) is 26.7 Å². The first-order valence-electron chi connectivity index (χ1n) is 10.8. The van der Waals surface area contributed by atoms with Crippen LogP contribution in [0.25, 0.3) is 26.7 Å². The Morgan fingerprint density at radius 2 is 1.81 bits per heavy atom. The third-order valence-corrected chi connectivity index (χ3v) is 8.00. The number of non-ortho nitro benzene ring substituents is 1. The number of hydrogen-bond acceptors (Lipinski definition) is 8. The van der Waals surface area contributed by atoms with Gasteiger partial charge in [-0.2, -0.15) is 0 Å². The number of benzene rings is 3. The molecule has 0 saturated carbocycles. The van der Waals surface area contributed by atoms with E-state index >= 15 is 0 Å². The topological polar surface area (TPSA) is 114 Å². The predicted molar refractivity (Wildman–Crippen MR) is 139 cm³/mol. The van der Waals surface area contributed by atoms with Crippen LogP contribution in [0, 0.1) is 10.1 Å². The summed E-state index contributed by atoms with van der Waals surface area (Å²) in [5.41, 5.74) is 0.781. The fourth-order valence-corrected chi connectivity index (χ4v) is 6.20. The van der Waals surface area contributed by atoms with Gasteiger partial charge in [0.05, 0.1) is 20.7 Å². The van der Waals surface area contributed by atoms with Gasteiger partial charge in [-0.25, -0.2) is 4.98 Å². The summed E-state index contributed by atoms with van der Waals surface area (Å²) in [5.74, 6) is -1.90. The van der Waals surface area contributed by atoms with Crippen LogP contribution >= 0.6 is 22.7 Å². The average molecular weight is 514 g/mol. The van der Waals surface area contributed by atoms with Crippen LogP contribution in [0.5, 0.6) is 0 Å². The van der Waals surface area contributed by atoms with Crippen molar-refractivity contribution >= 4 is 71.9 Å². The Kier molecular flexibility index (Phi) is 5.13. The number of carbonyl (C=O) groups is 2. The van der Waals surface area contributed by atoms with E-state index in [-0.39, 0.29) is 22.2 Å². The zero-order valence-electron chi connectivity index (χ0n) is 18.3. The summed E-state index contributed by atoms with van der Waals surface area (Å²) in [6.07, 6.45) is 0. The van der Waals surface area contributed by atoms with Crippen LogP contribution in [0.4, 0.5) is 10.8 Å². The molecule has 6 rings (SSSR count). The normalized spacial score (nSPS) is 17.3. The number of aromatic nitrogens is 1. The number of thiazole rings is 1. The SMILES string of the molecule is O=C1C(=O)N(c2nc3ccc([N+](=O)[O-])cc3s2)C(c2cccs2)/C1=C(\O)c1ccc2ccccc2c1. The monoisotopic (exact) mass is 513 g/mol. The van der Waals surface area contributed by atoms with Gasteiger partial charge in [0.25, 0.3) is 11.5 Å². The summed E-state index contributed by atoms with van der Waals surface area (Å²) < 4.78 is 0.514. The number of thiophene rings is 1. The van der Waals surface area contributed by atoms with E-state index in [1.807, 2.05) is 35.7 Å². The molecule has 1 aliphatic heterocycles. The van der Waals surface area contributed by atoms with Crippen molar-refractivity contribution < 1.29 is 19.6 Å². The molecule has 1 amide bonds. The molecule has 1 unspecified atom stereocenters. The standard InChI is InChI=1S/C26H15N3O5S2/c30-23(16-8-7-14-4-1-2-5-15(14)12-16)21-22(19-6-3-11-35-19)28(25(32)24(21)31)26-27-18-10-9-17(29(33)34)13-20(18)36-26/h1-13,22,30H/b23-21+. The van der Waals surface area contributed by atoms with Crippen LogP contribution in [-0.2, 0) is 9.59 Å². The maximum Gasteiger partial charge on any atom is 0.301 e. The molecule has 1 N–H and O–H groups in total. The lowest BCUT2D eigenvalue weighted by molar-refractivity contribution is -0.384. The maximum atomic E-state index is 13.3. The molecule has 0 bridgehead atoms. The number of ketones is 1. The molecule has 1 aliphatic rings. The molecule has 0 radical (unpaired) electrons. The molecule has 1 atom stereocenters. The number of rotatable bonds is 4. The second kappa shape index (κ2) is 8.36. The van der Waals surface area contributed by atoms with Gasteiger partial charge in [-0.05, 0) is 34.4 Å². The third-order valence-electron chi connectivity index (χ3n) is 6.06. The zero-order chi connectivity index (χ0) is 25.0. The number of carbonyl (C=O) groups excluding carboxylic acids is 2. The number of Topliss-reactive ketones (excluding diaryl/α,β-unsaturated/α-hetero) is 1. The molecule has 36 heavy (non-hydrogen) atoms. The Hall–Kier alpha value is -4.41. The Balaban J connectivity index is 1.53. The molecular formula is C26H15N3O5S2. The minimum atomic E-state index is -0.882. The highest BCUT2D eigenvalue weighted by Gasteiger charge is 2.48. The average Bonchev–Trinajstić information content (AvgIpc) is 3.61. The number of nitrogens with zero attached hydrogens (tertiary/aromatic N) is 3.